The monoisotopic (exact) mass is 607 g/mol. The minimum atomic E-state index is -4.74. The highest BCUT2D eigenvalue weighted by atomic mass is 35.5. The number of nitrogens with zero attached hydrogens (tertiary/aromatic N) is 2. The molecule has 9 heteroatoms. The summed E-state index contributed by atoms with van der Waals surface area (Å²) < 4.78 is 42.6. The van der Waals surface area contributed by atoms with E-state index in [0.29, 0.717) is 29.9 Å². The zero-order valence-corrected chi connectivity index (χ0v) is 25.0. The molecule has 0 spiro atoms. The fourth-order valence-electron chi connectivity index (χ4n) is 5.89. The van der Waals surface area contributed by atoms with Crippen LogP contribution >= 0.6 is 23.4 Å². The number of Topliss-reactive ketones (excluding diaryl/α,β-unsaturated/α-hetero) is 1. The zero-order chi connectivity index (χ0) is 30.3. The molecule has 0 bridgehead atoms. The summed E-state index contributed by atoms with van der Waals surface area (Å²) in [6.45, 7) is 5.99. The molecule has 1 heterocycles. The van der Waals surface area contributed by atoms with Gasteiger partial charge in [0.1, 0.15) is 5.82 Å². The van der Waals surface area contributed by atoms with Gasteiger partial charge in [-0.15, -0.1) is 11.8 Å². The molecule has 4 nitrogen and oxygen atoms in total. The molecule has 0 fully saturated rings. The lowest BCUT2D eigenvalue weighted by Gasteiger charge is -2.41. The van der Waals surface area contributed by atoms with Gasteiger partial charge in [0.25, 0.3) is 0 Å². The van der Waals surface area contributed by atoms with E-state index >= 15 is 0 Å². The van der Waals surface area contributed by atoms with E-state index in [0.717, 1.165) is 33.2 Å². The van der Waals surface area contributed by atoms with Gasteiger partial charge in [-0.2, -0.15) is 18.4 Å². The predicted octanol–water partition coefficient (Wildman–Crippen LogP) is 8.88. The quantitative estimate of drug-likeness (QED) is 0.293. The summed E-state index contributed by atoms with van der Waals surface area (Å²) in [5.41, 5.74) is 11.0. The Morgan fingerprint density at radius 3 is 2.52 bits per heavy atom. The number of alkyl halides is 3. The summed E-state index contributed by atoms with van der Waals surface area (Å²) in [6.07, 6.45) is -3.68. The number of rotatable bonds is 5. The molecule has 5 rings (SSSR count). The van der Waals surface area contributed by atoms with E-state index in [4.69, 9.17) is 17.3 Å². The summed E-state index contributed by atoms with van der Waals surface area (Å²) in [7, 11) is 0. The number of nitriles is 1. The number of halogens is 4. The molecular formula is C33H29ClF3N3OS. The van der Waals surface area contributed by atoms with Gasteiger partial charge in [0.2, 0.25) is 0 Å². The number of hydrogen-bond acceptors (Lipinski definition) is 5. The third kappa shape index (κ3) is 5.44. The molecule has 2 aliphatic rings. The van der Waals surface area contributed by atoms with Gasteiger partial charge in [-0.25, -0.2) is 0 Å². The SMILES string of the molecule is Cc1cc(CSc2ccccc2C)c(C)c(C2C(C#N)=C(N)N(c3ccc(Cl)cc3C(F)(F)F)C3=C2C(=O)CCC3)c1. The molecule has 0 amide bonds. The van der Waals surface area contributed by atoms with Crippen molar-refractivity contribution in [2.24, 2.45) is 5.73 Å². The Morgan fingerprint density at radius 2 is 1.83 bits per heavy atom. The van der Waals surface area contributed by atoms with E-state index in [1.165, 1.54) is 22.6 Å². The largest absolute Gasteiger partial charge is 0.418 e. The lowest BCUT2D eigenvalue weighted by molar-refractivity contribution is -0.137. The molecule has 42 heavy (non-hydrogen) atoms. The van der Waals surface area contributed by atoms with Gasteiger partial charge in [-0.05, 0) is 80.1 Å². The van der Waals surface area contributed by atoms with E-state index < -0.39 is 17.7 Å². The number of benzene rings is 3. The Balaban J connectivity index is 1.69. The third-order valence-electron chi connectivity index (χ3n) is 7.91. The molecule has 1 unspecified atom stereocenters. The van der Waals surface area contributed by atoms with E-state index in [1.807, 2.05) is 32.0 Å². The van der Waals surface area contributed by atoms with Gasteiger partial charge in [0, 0.05) is 33.4 Å². The Bertz CT molecular complexity index is 1700. The highest BCUT2D eigenvalue weighted by Gasteiger charge is 2.44. The van der Waals surface area contributed by atoms with Crippen molar-refractivity contribution >= 4 is 34.8 Å². The van der Waals surface area contributed by atoms with Crippen LogP contribution in [0.3, 0.4) is 0 Å². The molecule has 0 saturated heterocycles. The summed E-state index contributed by atoms with van der Waals surface area (Å²) in [5, 5.41) is 10.3. The minimum Gasteiger partial charge on any atom is -0.384 e. The van der Waals surface area contributed by atoms with Crippen LogP contribution in [0.4, 0.5) is 18.9 Å². The standard InChI is InChI=1S/C33H29ClF3N3OS/c1-18-13-21(17-42-29-10-5-4-7-19(29)2)20(3)23(14-18)30-24(16-38)32(39)40(27-8-6-9-28(41)31(27)30)26-12-11-22(34)15-25(26)33(35,36)37/h4-5,7,10-15,30H,6,8-9,17,39H2,1-3H3. The Labute approximate surface area is 252 Å². The molecule has 3 aromatic rings. The molecular weight excluding hydrogens is 579 g/mol. The van der Waals surface area contributed by atoms with Gasteiger partial charge < -0.3 is 5.73 Å². The van der Waals surface area contributed by atoms with E-state index in [2.05, 4.69) is 31.2 Å². The van der Waals surface area contributed by atoms with Crippen LogP contribution in [-0.2, 0) is 16.7 Å². The molecule has 0 saturated carbocycles. The van der Waals surface area contributed by atoms with Crippen molar-refractivity contribution in [1.29, 1.82) is 5.26 Å². The molecule has 2 N–H and O–H groups in total. The number of nitrogens with two attached hydrogens (primary N) is 1. The Morgan fingerprint density at radius 1 is 1.10 bits per heavy atom. The molecule has 1 atom stereocenters. The van der Waals surface area contributed by atoms with Gasteiger partial charge in [-0.1, -0.05) is 47.5 Å². The van der Waals surface area contributed by atoms with E-state index in [1.54, 1.807) is 11.8 Å². The van der Waals surface area contributed by atoms with Crippen molar-refractivity contribution in [3.8, 4) is 6.07 Å². The number of thioether (sulfide) groups is 1. The topological polar surface area (TPSA) is 70.1 Å². The normalized spacial score (nSPS) is 17.4. The van der Waals surface area contributed by atoms with Gasteiger partial charge >= 0.3 is 6.18 Å². The average molecular weight is 608 g/mol. The second kappa shape index (κ2) is 11.5. The average Bonchev–Trinajstić information content (AvgIpc) is 2.93. The number of hydrogen-bond donors (Lipinski definition) is 1. The first kappa shape index (κ1) is 29.8. The smallest absolute Gasteiger partial charge is 0.384 e. The molecule has 0 aromatic heterocycles. The van der Waals surface area contributed by atoms with Gasteiger partial charge in [0.05, 0.1) is 28.8 Å². The summed E-state index contributed by atoms with van der Waals surface area (Å²) in [6, 6.07) is 17.8. The fraction of sp³-hybridized carbons (Fsp3) is 0.273. The maximum atomic E-state index is 14.2. The van der Waals surface area contributed by atoms with E-state index in [9.17, 15) is 23.2 Å². The lowest BCUT2D eigenvalue weighted by atomic mass is 9.73. The maximum absolute atomic E-state index is 14.2. The molecule has 3 aromatic carbocycles. The first-order valence-electron chi connectivity index (χ1n) is 13.5. The van der Waals surface area contributed by atoms with Crippen LogP contribution in [0, 0.1) is 32.1 Å². The number of carbonyl (C=O) groups is 1. The van der Waals surface area contributed by atoms with Crippen molar-refractivity contribution in [2.45, 2.75) is 62.8 Å². The molecule has 0 radical (unpaired) electrons. The van der Waals surface area contributed by atoms with E-state index in [-0.39, 0.29) is 34.3 Å². The summed E-state index contributed by atoms with van der Waals surface area (Å²) in [5.74, 6) is -0.408. The van der Waals surface area contributed by atoms with Crippen LogP contribution in [0.25, 0.3) is 0 Å². The van der Waals surface area contributed by atoms with Gasteiger partial charge in [0.15, 0.2) is 5.78 Å². The lowest BCUT2D eigenvalue weighted by Crippen LogP contribution is -2.39. The van der Waals surface area contributed by atoms with Crippen molar-refractivity contribution in [3.63, 3.8) is 0 Å². The Hall–Kier alpha value is -3.67. The zero-order valence-electron chi connectivity index (χ0n) is 23.4. The number of ketones is 1. The number of anilines is 1. The predicted molar refractivity (Wildman–Crippen MR) is 161 cm³/mol. The number of carbonyl (C=O) groups excluding carboxylic acids is 1. The first-order valence-corrected chi connectivity index (χ1v) is 14.9. The summed E-state index contributed by atoms with van der Waals surface area (Å²) in [4.78, 5) is 16.0. The molecule has 216 valence electrons. The molecule has 1 aliphatic carbocycles. The fourth-order valence-corrected chi connectivity index (χ4v) is 7.14. The Kier molecular flexibility index (Phi) is 8.19. The van der Waals surface area contributed by atoms with Gasteiger partial charge in [-0.3, -0.25) is 9.69 Å². The number of aryl methyl sites for hydroxylation is 2. The molecule has 1 aliphatic heterocycles. The number of allylic oxidation sites excluding steroid dienone is 3. The first-order chi connectivity index (χ1) is 19.9. The maximum Gasteiger partial charge on any atom is 0.418 e. The van der Waals surface area contributed by atoms with Crippen LogP contribution in [0.2, 0.25) is 5.02 Å². The summed E-state index contributed by atoms with van der Waals surface area (Å²) >= 11 is 7.66. The van der Waals surface area contributed by atoms with Crippen LogP contribution in [0.1, 0.15) is 58.6 Å². The highest BCUT2D eigenvalue weighted by Crippen LogP contribution is 2.50. The van der Waals surface area contributed by atoms with Crippen LogP contribution in [0.15, 0.2) is 82.2 Å². The second-order valence-corrected chi connectivity index (χ2v) is 12.1. The van der Waals surface area contributed by atoms with Crippen LogP contribution in [-0.4, -0.2) is 5.78 Å². The van der Waals surface area contributed by atoms with Crippen molar-refractivity contribution in [1.82, 2.24) is 0 Å². The van der Waals surface area contributed by atoms with Crippen molar-refractivity contribution < 1.29 is 18.0 Å². The third-order valence-corrected chi connectivity index (χ3v) is 9.37. The second-order valence-electron chi connectivity index (χ2n) is 10.7. The van der Waals surface area contributed by atoms with Crippen LogP contribution < -0.4 is 10.6 Å². The van der Waals surface area contributed by atoms with Crippen LogP contribution in [0.5, 0.6) is 0 Å². The van der Waals surface area contributed by atoms with Crippen molar-refractivity contribution in [2.75, 3.05) is 4.90 Å². The van der Waals surface area contributed by atoms with Crippen molar-refractivity contribution in [3.05, 3.63) is 116 Å². The highest BCUT2D eigenvalue weighted by molar-refractivity contribution is 7.98. The minimum absolute atomic E-state index is 0.0540.